The molecule has 72 valence electrons. The molecule has 0 unspecified atom stereocenters. The van der Waals surface area contributed by atoms with Crippen LogP contribution in [0.25, 0.3) is 0 Å². The van der Waals surface area contributed by atoms with Gasteiger partial charge in [0.2, 0.25) is 5.91 Å². The molecular formula is C10H15NO2. The van der Waals surface area contributed by atoms with Crippen molar-refractivity contribution in [3.05, 3.63) is 0 Å². The van der Waals surface area contributed by atoms with Crippen molar-refractivity contribution in [2.45, 2.75) is 26.7 Å². The Bertz CT molecular complexity index is 254. The zero-order valence-electron chi connectivity index (χ0n) is 8.17. The Morgan fingerprint density at radius 1 is 1.38 bits per heavy atom. The van der Waals surface area contributed by atoms with E-state index in [1.807, 2.05) is 4.90 Å². The van der Waals surface area contributed by atoms with Gasteiger partial charge in [-0.3, -0.25) is 9.59 Å². The van der Waals surface area contributed by atoms with E-state index in [2.05, 4.69) is 13.8 Å². The van der Waals surface area contributed by atoms with Gasteiger partial charge in [0.25, 0.3) is 0 Å². The summed E-state index contributed by atoms with van der Waals surface area (Å²) in [5.41, 5.74) is 0.295. The average Bonchev–Trinajstić information content (AvgIpc) is 1.92. The van der Waals surface area contributed by atoms with Gasteiger partial charge in [-0.15, -0.1) is 0 Å². The maximum atomic E-state index is 11.6. The summed E-state index contributed by atoms with van der Waals surface area (Å²) in [6, 6.07) is 0. The SMILES string of the molecule is CC1(C)CN(C(=O)C2CC(=O)C2)C1. The quantitative estimate of drug-likeness (QED) is 0.601. The summed E-state index contributed by atoms with van der Waals surface area (Å²) in [5, 5.41) is 0. The second-order valence-corrected chi connectivity index (χ2v) is 5.00. The number of carbonyl (C=O) groups excluding carboxylic acids is 2. The molecule has 0 aromatic carbocycles. The van der Waals surface area contributed by atoms with E-state index >= 15 is 0 Å². The second kappa shape index (κ2) is 2.56. The third kappa shape index (κ3) is 1.47. The van der Waals surface area contributed by atoms with Crippen molar-refractivity contribution in [3.8, 4) is 0 Å². The van der Waals surface area contributed by atoms with Crippen LogP contribution in [-0.4, -0.2) is 29.7 Å². The highest BCUT2D eigenvalue weighted by molar-refractivity contribution is 5.96. The molecule has 0 N–H and O–H groups in total. The van der Waals surface area contributed by atoms with Gasteiger partial charge in [0.05, 0.1) is 5.92 Å². The number of likely N-dealkylation sites (tertiary alicyclic amines) is 1. The Kier molecular flexibility index (Phi) is 1.72. The van der Waals surface area contributed by atoms with Crippen LogP contribution in [0.15, 0.2) is 0 Å². The molecule has 1 aliphatic heterocycles. The molecule has 1 heterocycles. The lowest BCUT2D eigenvalue weighted by molar-refractivity contribution is -0.153. The Morgan fingerprint density at radius 3 is 2.31 bits per heavy atom. The monoisotopic (exact) mass is 181 g/mol. The van der Waals surface area contributed by atoms with E-state index in [4.69, 9.17) is 0 Å². The summed E-state index contributed by atoms with van der Waals surface area (Å²) >= 11 is 0. The topological polar surface area (TPSA) is 37.4 Å². The highest BCUT2D eigenvalue weighted by Crippen LogP contribution is 2.33. The van der Waals surface area contributed by atoms with Crippen LogP contribution < -0.4 is 0 Å². The Hall–Kier alpha value is -0.860. The number of hydrogen-bond acceptors (Lipinski definition) is 2. The molecule has 0 aromatic rings. The first-order valence-corrected chi connectivity index (χ1v) is 4.78. The maximum Gasteiger partial charge on any atom is 0.226 e. The molecular weight excluding hydrogens is 166 g/mol. The molecule has 3 heteroatoms. The van der Waals surface area contributed by atoms with Crippen molar-refractivity contribution in [2.75, 3.05) is 13.1 Å². The van der Waals surface area contributed by atoms with Crippen molar-refractivity contribution in [1.82, 2.24) is 4.90 Å². The molecule has 3 nitrogen and oxygen atoms in total. The van der Waals surface area contributed by atoms with Crippen LogP contribution in [0.2, 0.25) is 0 Å². The number of ketones is 1. The molecule has 0 aromatic heterocycles. The number of rotatable bonds is 1. The number of hydrogen-bond donors (Lipinski definition) is 0. The molecule has 1 aliphatic carbocycles. The summed E-state index contributed by atoms with van der Waals surface area (Å²) < 4.78 is 0. The Morgan fingerprint density at radius 2 is 1.92 bits per heavy atom. The minimum absolute atomic E-state index is 0.0172. The largest absolute Gasteiger partial charge is 0.341 e. The lowest BCUT2D eigenvalue weighted by atomic mass is 9.79. The van der Waals surface area contributed by atoms with E-state index in [1.54, 1.807) is 0 Å². The van der Waals surface area contributed by atoms with E-state index in [-0.39, 0.29) is 17.6 Å². The zero-order valence-corrected chi connectivity index (χ0v) is 8.17. The molecule has 2 fully saturated rings. The van der Waals surface area contributed by atoms with Crippen LogP contribution in [-0.2, 0) is 9.59 Å². The summed E-state index contributed by atoms with van der Waals surface area (Å²) in [5.74, 6) is 0.445. The van der Waals surface area contributed by atoms with Crippen molar-refractivity contribution in [1.29, 1.82) is 0 Å². The molecule has 2 aliphatic rings. The predicted octanol–water partition coefficient (Wildman–Crippen LogP) is 0.834. The van der Waals surface area contributed by atoms with Crippen molar-refractivity contribution < 1.29 is 9.59 Å². The standard InChI is InChI=1S/C10H15NO2/c1-10(2)5-11(6-10)9(13)7-3-8(12)4-7/h7H,3-6H2,1-2H3. The van der Waals surface area contributed by atoms with Gasteiger partial charge in [0.1, 0.15) is 5.78 Å². The number of amides is 1. The average molecular weight is 181 g/mol. The third-order valence-corrected chi connectivity index (χ3v) is 2.85. The summed E-state index contributed by atoms with van der Waals surface area (Å²) in [4.78, 5) is 24.2. The number of carbonyl (C=O) groups is 2. The van der Waals surface area contributed by atoms with E-state index in [9.17, 15) is 9.59 Å². The van der Waals surface area contributed by atoms with Gasteiger partial charge in [0, 0.05) is 25.9 Å². The van der Waals surface area contributed by atoms with Gasteiger partial charge < -0.3 is 4.90 Å². The van der Waals surface area contributed by atoms with Crippen LogP contribution in [0.4, 0.5) is 0 Å². The fourth-order valence-corrected chi connectivity index (χ4v) is 2.07. The lowest BCUT2D eigenvalue weighted by Crippen LogP contribution is -2.58. The van der Waals surface area contributed by atoms with E-state index in [0.29, 0.717) is 18.3 Å². The minimum atomic E-state index is 0.0172. The number of Topliss-reactive ketones (excluding diaryl/α,β-unsaturated/α-hetero) is 1. The lowest BCUT2D eigenvalue weighted by Gasteiger charge is -2.47. The van der Waals surface area contributed by atoms with Gasteiger partial charge in [-0.25, -0.2) is 0 Å². The molecule has 0 atom stereocenters. The molecule has 13 heavy (non-hydrogen) atoms. The molecule has 0 radical (unpaired) electrons. The van der Waals surface area contributed by atoms with Crippen LogP contribution in [0, 0.1) is 11.3 Å². The van der Waals surface area contributed by atoms with Crippen LogP contribution in [0.1, 0.15) is 26.7 Å². The second-order valence-electron chi connectivity index (χ2n) is 5.00. The fraction of sp³-hybridized carbons (Fsp3) is 0.800. The van der Waals surface area contributed by atoms with E-state index in [1.165, 1.54) is 0 Å². The molecule has 0 spiro atoms. The minimum Gasteiger partial charge on any atom is -0.341 e. The van der Waals surface area contributed by atoms with Gasteiger partial charge in [-0.05, 0) is 5.41 Å². The third-order valence-electron chi connectivity index (χ3n) is 2.85. The summed E-state index contributed by atoms with van der Waals surface area (Å²) in [7, 11) is 0. The van der Waals surface area contributed by atoms with Crippen LogP contribution >= 0.6 is 0 Å². The smallest absolute Gasteiger partial charge is 0.226 e. The fourth-order valence-electron chi connectivity index (χ4n) is 2.07. The Balaban J connectivity index is 1.83. The Labute approximate surface area is 78.1 Å². The van der Waals surface area contributed by atoms with Gasteiger partial charge >= 0.3 is 0 Å². The van der Waals surface area contributed by atoms with Gasteiger partial charge in [0.15, 0.2) is 0 Å². The highest BCUT2D eigenvalue weighted by Gasteiger charge is 2.42. The van der Waals surface area contributed by atoms with Crippen molar-refractivity contribution >= 4 is 11.7 Å². The van der Waals surface area contributed by atoms with Crippen molar-refractivity contribution in [2.24, 2.45) is 11.3 Å². The molecule has 0 bridgehead atoms. The molecule has 1 saturated carbocycles. The number of nitrogens with zero attached hydrogens (tertiary/aromatic N) is 1. The first-order valence-electron chi connectivity index (χ1n) is 4.78. The normalized spacial score (nSPS) is 26.6. The van der Waals surface area contributed by atoms with Crippen LogP contribution in [0.3, 0.4) is 0 Å². The first kappa shape index (κ1) is 8.73. The van der Waals surface area contributed by atoms with E-state index < -0.39 is 0 Å². The zero-order chi connectivity index (χ0) is 9.64. The summed E-state index contributed by atoms with van der Waals surface area (Å²) in [6.07, 6.45) is 0.964. The molecule has 2 rings (SSSR count). The molecule has 1 saturated heterocycles. The first-order chi connectivity index (χ1) is 5.98. The molecule has 1 amide bonds. The van der Waals surface area contributed by atoms with Crippen molar-refractivity contribution in [3.63, 3.8) is 0 Å². The summed E-state index contributed by atoms with van der Waals surface area (Å²) in [6.45, 7) is 6.03. The van der Waals surface area contributed by atoms with E-state index in [0.717, 1.165) is 13.1 Å². The van der Waals surface area contributed by atoms with Gasteiger partial charge in [-0.1, -0.05) is 13.8 Å². The maximum absolute atomic E-state index is 11.6. The van der Waals surface area contributed by atoms with Gasteiger partial charge in [-0.2, -0.15) is 0 Å². The van der Waals surface area contributed by atoms with Crippen LogP contribution in [0.5, 0.6) is 0 Å². The highest BCUT2D eigenvalue weighted by atomic mass is 16.2. The predicted molar refractivity (Wildman–Crippen MR) is 48.1 cm³/mol.